The van der Waals surface area contributed by atoms with E-state index in [1.54, 1.807) is 30.3 Å². The van der Waals surface area contributed by atoms with Crippen LogP contribution in [0.5, 0.6) is 5.75 Å². The molecule has 0 saturated carbocycles. The molecule has 1 amide bonds. The summed E-state index contributed by atoms with van der Waals surface area (Å²) in [6.45, 7) is 0.639. The lowest BCUT2D eigenvalue weighted by atomic mass is 10.2. The Bertz CT molecular complexity index is 1130. The van der Waals surface area contributed by atoms with Crippen molar-refractivity contribution in [2.24, 2.45) is 0 Å². The molecule has 0 aromatic heterocycles. The van der Waals surface area contributed by atoms with Crippen LogP contribution in [0, 0.1) is 11.6 Å². The smallest absolute Gasteiger partial charge is 0.266 e. The van der Waals surface area contributed by atoms with Crippen LogP contribution in [0.1, 0.15) is 16.7 Å². The van der Waals surface area contributed by atoms with Crippen LogP contribution in [-0.2, 0) is 17.9 Å². The SMILES string of the molecule is O=C1C(=Cc2ccc(OCc3ccc(F)cc3)cc2)SC(=S)N1Cc1ccc(F)cc1. The van der Waals surface area contributed by atoms with E-state index in [2.05, 4.69) is 0 Å². The maximum atomic E-state index is 13.1. The average molecular weight is 454 g/mol. The highest BCUT2D eigenvalue weighted by atomic mass is 32.2. The molecule has 3 aromatic rings. The van der Waals surface area contributed by atoms with Crippen LogP contribution in [-0.4, -0.2) is 15.1 Å². The monoisotopic (exact) mass is 453 g/mol. The highest BCUT2D eigenvalue weighted by molar-refractivity contribution is 8.26. The molecule has 7 heteroatoms. The molecule has 1 aliphatic rings. The zero-order valence-corrected chi connectivity index (χ0v) is 17.9. The van der Waals surface area contributed by atoms with Gasteiger partial charge in [0.2, 0.25) is 0 Å². The van der Waals surface area contributed by atoms with Gasteiger partial charge in [0, 0.05) is 0 Å². The van der Waals surface area contributed by atoms with Gasteiger partial charge < -0.3 is 4.74 Å². The molecular weight excluding hydrogens is 436 g/mol. The van der Waals surface area contributed by atoms with Crippen molar-refractivity contribution < 1.29 is 18.3 Å². The molecule has 1 saturated heterocycles. The molecule has 3 nitrogen and oxygen atoms in total. The number of carbonyl (C=O) groups excluding carboxylic acids is 1. The minimum Gasteiger partial charge on any atom is -0.489 e. The number of nitrogens with zero attached hydrogens (tertiary/aromatic N) is 1. The van der Waals surface area contributed by atoms with Crippen LogP contribution in [0.15, 0.2) is 77.7 Å². The van der Waals surface area contributed by atoms with Gasteiger partial charge in [0.25, 0.3) is 5.91 Å². The maximum absolute atomic E-state index is 13.1. The molecule has 0 spiro atoms. The molecule has 3 aromatic carbocycles. The number of ether oxygens (including phenoxy) is 1. The second-order valence-electron chi connectivity index (χ2n) is 6.88. The molecular formula is C24H17F2NO2S2. The predicted octanol–water partition coefficient (Wildman–Crippen LogP) is 5.95. The molecule has 156 valence electrons. The molecule has 0 atom stereocenters. The van der Waals surface area contributed by atoms with Gasteiger partial charge in [-0.05, 0) is 59.2 Å². The highest BCUT2D eigenvalue weighted by Gasteiger charge is 2.31. The van der Waals surface area contributed by atoms with Crippen molar-refractivity contribution in [3.05, 3.63) is 106 Å². The van der Waals surface area contributed by atoms with E-state index in [1.807, 2.05) is 24.3 Å². The fourth-order valence-electron chi connectivity index (χ4n) is 2.97. The summed E-state index contributed by atoms with van der Waals surface area (Å²) in [5, 5.41) is 0. The quantitative estimate of drug-likeness (QED) is 0.341. The van der Waals surface area contributed by atoms with E-state index >= 15 is 0 Å². The van der Waals surface area contributed by atoms with Crippen LogP contribution < -0.4 is 4.74 Å². The average Bonchev–Trinajstić information content (AvgIpc) is 3.03. The fourth-order valence-corrected chi connectivity index (χ4v) is 4.22. The number of thioether (sulfide) groups is 1. The summed E-state index contributed by atoms with van der Waals surface area (Å²) >= 11 is 6.60. The number of rotatable bonds is 6. The van der Waals surface area contributed by atoms with Gasteiger partial charge in [-0.15, -0.1) is 0 Å². The lowest BCUT2D eigenvalue weighted by Crippen LogP contribution is -2.27. The minimum atomic E-state index is -0.320. The number of benzene rings is 3. The highest BCUT2D eigenvalue weighted by Crippen LogP contribution is 2.33. The number of hydrogen-bond donors (Lipinski definition) is 0. The Morgan fingerprint density at radius 1 is 0.871 bits per heavy atom. The van der Waals surface area contributed by atoms with Crippen molar-refractivity contribution in [3.63, 3.8) is 0 Å². The van der Waals surface area contributed by atoms with Gasteiger partial charge in [0.15, 0.2) is 0 Å². The van der Waals surface area contributed by atoms with Gasteiger partial charge in [-0.25, -0.2) is 8.78 Å². The standard InChI is InChI=1S/C24H17F2NO2S2/c25-19-7-1-17(2-8-19)14-27-23(28)22(31-24(27)30)13-16-5-11-21(12-6-16)29-15-18-3-9-20(26)10-4-18/h1-13H,14-15H2. The third kappa shape index (κ3) is 5.37. The van der Waals surface area contributed by atoms with Gasteiger partial charge in [-0.2, -0.15) is 0 Å². The van der Waals surface area contributed by atoms with E-state index in [0.29, 0.717) is 28.1 Å². The summed E-state index contributed by atoms with van der Waals surface area (Å²) in [5.41, 5.74) is 2.52. The summed E-state index contributed by atoms with van der Waals surface area (Å²) in [6, 6.07) is 19.5. The molecule has 31 heavy (non-hydrogen) atoms. The maximum Gasteiger partial charge on any atom is 0.266 e. The number of hydrogen-bond acceptors (Lipinski definition) is 4. The lowest BCUT2D eigenvalue weighted by molar-refractivity contribution is -0.122. The summed E-state index contributed by atoms with van der Waals surface area (Å²) in [4.78, 5) is 14.8. The Balaban J connectivity index is 1.39. The first kappa shape index (κ1) is 21.2. The van der Waals surface area contributed by atoms with Crippen molar-refractivity contribution in [1.29, 1.82) is 0 Å². The third-order valence-electron chi connectivity index (χ3n) is 4.62. The summed E-state index contributed by atoms with van der Waals surface area (Å²) < 4.78 is 32.2. The molecule has 0 unspecified atom stereocenters. The van der Waals surface area contributed by atoms with Crippen molar-refractivity contribution >= 4 is 40.3 Å². The fraction of sp³-hybridized carbons (Fsp3) is 0.0833. The van der Waals surface area contributed by atoms with E-state index in [-0.39, 0.29) is 17.5 Å². The Kier molecular flexibility index (Phi) is 6.44. The second-order valence-corrected chi connectivity index (χ2v) is 8.55. The molecule has 1 heterocycles. The van der Waals surface area contributed by atoms with Crippen LogP contribution >= 0.6 is 24.0 Å². The van der Waals surface area contributed by atoms with E-state index in [1.165, 1.54) is 40.9 Å². The Morgan fingerprint density at radius 2 is 1.45 bits per heavy atom. The van der Waals surface area contributed by atoms with Crippen LogP contribution in [0.25, 0.3) is 6.08 Å². The Labute approximate surface area is 188 Å². The number of halogens is 2. The van der Waals surface area contributed by atoms with E-state index < -0.39 is 0 Å². The number of thiocarbonyl (C=S) groups is 1. The minimum absolute atomic E-state index is 0.170. The first-order valence-corrected chi connectivity index (χ1v) is 10.7. The van der Waals surface area contributed by atoms with E-state index in [9.17, 15) is 13.6 Å². The zero-order valence-electron chi connectivity index (χ0n) is 16.3. The summed E-state index contributed by atoms with van der Waals surface area (Å²) in [7, 11) is 0. The molecule has 0 radical (unpaired) electrons. The van der Waals surface area contributed by atoms with Gasteiger partial charge in [-0.3, -0.25) is 9.69 Å². The van der Waals surface area contributed by atoms with E-state index in [4.69, 9.17) is 17.0 Å². The number of amides is 1. The molecule has 4 rings (SSSR count). The van der Waals surface area contributed by atoms with Crippen molar-refractivity contribution in [3.8, 4) is 5.75 Å². The Hall–Kier alpha value is -3.03. The van der Waals surface area contributed by atoms with Crippen molar-refractivity contribution in [2.45, 2.75) is 13.2 Å². The lowest BCUT2D eigenvalue weighted by Gasteiger charge is -2.14. The molecule has 0 bridgehead atoms. The van der Waals surface area contributed by atoms with Gasteiger partial charge in [-0.1, -0.05) is 60.4 Å². The van der Waals surface area contributed by atoms with Crippen LogP contribution in [0.2, 0.25) is 0 Å². The topological polar surface area (TPSA) is 29.5 Å². The normalized spacial score (nSPS) is 15.0. The summed E-state index contributed by atoms with van der Waals surface area (Å²) in [6.07, 6.45) is 1.79. The third-order valence-corrected chi connectivity index (χ3v) is 6.00. The van der Waals surface area contributed by atoms with E-state index in [0.717, 1.165) is 16.7 Å². The molecule has 0 N–H and O–H groups in total. The van der Waals surface area contributed by atoms with Gasteiger partial charge in [0.1, 0.15) is 28.3 Å². The predicted molar refractivity (Wildman–Crippen MR) is 122 cm³/mol. The van der Waals surface area contributed by atoms with Gasteiger partial charge in [0.05, 0.1) is 11.4 Å². The first-order chi connectivity index (χ1) is 15.0. The second kappa shape index (κ2) is 9.41. The summed E-state index contributed by atoms with van der Waals surface area (Å²) in [5.74, 6) is -0.100. The zero-order chi connectivity index (χ0) is 21.8. The Morgan fingerprint density at radius 3 is 2.06 bits per heavy atom. The van der Waals surface area contributed by atoms with Crippen molar-refractivity contribution in [2.75, 3.05) is 0 Å². The largest absolute Gasteiger partial charge is 0.489 e. The van der Waals surface area contributed by atoms with Crippen LogP contribution in [0.4, 0.5) is 8.78 Å². The van der Waals surface area contributed by atoms with Crippen LogP contribution in [0.3, 0.4) is 0 Å². The van der Waals surface area contributed by atoms with Gasteiger partial charge >= 0.3 is 0 Å². The first-order valence-electron chi connectivity index (χ1n) is 9.45. The molecule has 1 fully saturated rings. The number of carbonyl (C=O) groups is 1. The molecule has 0 aliphatic carbocycles. The molecule has 1 aliphatic heterocycles. The van der Waals surface area contributed by atoms with Crippen molar-refractivity contribution in [1.82, 2.24) is 4.90 Å².